The van der Waals surface area contributed by atoms with Crippen molar-refractivity contribution in [2.45, 2.75) is 32.0 Å². The molecule has 3 N–H and O–H groups in total. The number of hydrogen-bond donors (Lipinski definition) is 2. The van der Waals surface area contributed by atoms with Crippen molar-refractivity contribution in [2.75, 3.05) is 19.6 Å². The van der Waals surface area contributed by atoms with Crippen LogP contribution in [0.4, 0.5) is 10.1 Å². The SMILES string of the molecule is N#Cc1ccc(CN2CCC(NOc3ccc(N=C(C=NCc4ccc(F)cc4)CN)cn3)CC2)cc1. The monoisotopic (exact) mass is 499 g/mol. The molecule has 0 radical (unpaired) electrons. The molecule has 8 nitrogen and oxygen atoms in total. The third-order valence-corrected chi connectivity index (χ3v) is 6.04. The van der Waals surface area contributed by atoms with Gasteiger partial charge in [-0.05, 0) is 54.3 Å². The lowest BCUT2D eigenvalue weighted by atomic mass is 10.0. The van der Waals surface area contributed by atoms with Crippen LogP contribution in [0.2, 0.25) is 0 Å². The highest BCUT2D eigenvalue weighted by molar-refractivity contribution is 6.32. The van der Waals surface area contributed by atoms with Gasteiger partial charge in [0.05, 0.1) is 35.8 Å². The number of halogens is 1. The van der Waals surface area contributed by atoms with Gasteiger partial charge in [-0.15, -0.1) is 0 Å². The second-order valence-electron chi connectivity index (χ2n) is 8.84. The minimum atomic E-state index is -0.270. The van der Waals surface area contributed by atoms with Crippen LogP contribution < -0.4 is 16.1 Å². The van der Waals surface area contributed by atoms with Gasteiger partial charge in [-0.1, -0.05) is 24.3 Å². The van der Waals surface area contributed by atoms with Crippen LogP contribution in [0.15, 0.2) is 76.8 Å². The first-order chi connectivity index (χ1) is 18.1. The fraction of sp³-hybridized carbons (Fsp3) is 0.286. The van der Waals surface area contributed by atoms with Crippen LogP contribution in [0.25, 0.3) is 0 Å². The summed E-state index contributed by atoms with van der Waals surface area (Å²) in [4.78, 5) is 21.3. The van der Waals surface area contributed by atoms with E-state index in [4.69, 9.17) is 15.8 Å². The van der Waals surface area contributed by atoms with Crippen molar-refractivity contribution >= 4 is 17.6 Å². The first-order valence-electron chi connectivity index (χ1n) is 12.2. The maximum Gasteiger partial charge on any atom is 0.237 e. The molecule has 1 saturated heterocycles. The van der Waals surface area contributed by atoms with E-state index < -0.39 is 0 Å². The normalized spacial score (nSPS) is 15.1. The number of aliphatic imine (C=N–C) groups is 2. The van der Waals surface area contributed by atoms with E-state index in [9.17, 15) is 4.39 Å². The van der Waals surface area contributed by atoms with Gasteiger partial charge in [0.1, 0.15) is 5.82 Å². The van der Waals surface area contributed by atoms with Crippen molar-refractivity contribution in [3.63, 3.8) is 0 Å². The molecule has 1 aliphatic heterocycles. The third kappa shape index (κ3) is 8.29. The second kappa shape index (κ2) is 13.4. The molecule has 0 spiro atoms. The van der Waals surface area contributed by atoms with Crippen LogP contribution in [0, 0.1) is 17.1 Å². The highest BCUT2D eigenvalue weighted by Crippen LogP contribution is 2.17. The minimum absolute atomic E-state index is 0.233. The standard InChI is InChI=1S/C28H30FN7O/c29-24-7-5-22(6-8-24)17-32-18-27(16-31)34-26-9-10-28(33-19-26)37-35-25-11-13-36(14-12-25)20-23-3-1-21(15-30)2-4-23/h1-10,18-19,25,35H,11-14,16-17,20,31H2. The van der Waals surface area contributed by atoms with Crippen LogP contribution >= 0.6 is 0 Å². The van der Waals surface area contributed by atoms with Gasteiger partial charge in [0.25, 0.3) is 0 Å². The number of piperidine rings is 1. The Labute approximate surface area is 216 Å². The van der Waals surface area contributed by atoms with Gasteiger partial charge >= 0.3 is 0 Å². The lowest BCUT2D eigenvalue weighted by Gasteiger charge is -2.31. The van der Waals surface area contributed by atoms with Crippen LogP contribution in [-0.2, 0) is 13.1 Å². The molecule has 0 unspecified atom stereocenters. The molecule has 0 bridgehead atoms. The molecule has 0 amide bonds. The zero-order chi connectivity index (χ0) is 25.9. The quantitative estimate of drug-likeness (QED) is 0.323. The third-order valence-electron chi connectivity index (χ3n) is 6.04. The maximum absolute atomic E-state index is 13.0. The zero-order valence-electron chi connectivity index (χ0n) is 20.6. The maximum atomic E-state index is 13.0. The summed E-state index contributed by atoms with van der Waals surface area (Å²) in [5, 5.41) is 8.93. The first kappa shape index (κ1) is 26.1. The number of nitriles is 1. The number of nitrogens with two attached hydrogens (primary N) is 1. The molecule has 0 atom stereocenters. The van der Waals surface area contributed by atoms with Crippen molar-refractivity contribution in [2.24, 2.45) is 15.7 Å². The molecule has 0 saturated carbocycles. The Bertz CT molecular complexity index is 1230. The largest absolute Gasteiger partial charge is 0.388 e. The molecule has 37 heavy (non-hydrogen) atoms. The average Bonchev–Trinajstić information content (AvgIpc) is 2.94. The number of hydrogen-bond acceptors (Lipinski definition) is 8. The van der Waals surface area contributed by atoms with Crippen LogP contribution in [0.1, 0.15) is 29.5 Å². The van der Waals surface area contributed by atoms with E-state index in [1.807, 2.05) is 30.3 Å². The summed E-state index contributed by atoms with van der Waals surface area (Å²) in [6, 6.07) is 20.0. The lowest BCUT2D eigenvalue weighted by molar-refractivity contribution is 0.0961. The van der Waals surface area contributed by atoms with Gasteiger partial charge in [0.15, 0.2) is 0 Å². The van der Waals surface area contributed by atoms with Crippen molar-refractivity contribution in [3.8, 4) is 11.9 Å². The summed E-state index contributed by atoms with van der Waals surface area (Å²) < 4.78 is 13.0. The van der Waals surface area contributed by atoms with Crippen LogP contribution in [0.5, 0.6) is 5.88 Å². The highest BCUT2D eigenvalue weighted by atomic mass is 19.1. The Morgan fingerprint density at radius 2 is 1.84 bits per heavy atom. The molecular formula is C28H30FN7O. The molecule has 0 aliphatic carbocycles. The summed E-state index contributed by atoms with van der Waals surface area (Å²) in [5.74, 6) is 0.201. The molecule has 190 valence electrons. The molecule has 2 aromatic carbocycles. The summed E-state index contributed by atoms with van der Waals surface area (Å²) >= 11 is 0. The Kier molecular flexibility index (Phi) is 9.43. The minimum Gasteiger partial charge on any atom is -0.388 e. The smallest absolute Gasteiger partial charge is 0.237 e. The average molecular weight is 500 g/mol. The molecule has 9 heteroatoms. The Balaban J connectivity index is 1.20. The van der Waals surface area contributed by atoms with Crippen molar-refractivity contribution < 1.29 is 9.23 Å². The molecule has 1 aromatic heterocycles. The highest BCUT2D eigenvalue weighted by Gasteiger charge is 2.19. The predicted octanol–water partition coefficient (Wildman–Crippen LogP) is 3.94. The fourth-order valence-electron chi connectivity index (χ4n) is 3.93. The van der Waals surface area contributed by atoms with Gasteiger partial charge in [0.2, 0.25) is 5.88 Å². The summed E-state index contributed by atoms with van der Waals surface area (Å²) in [7, 11) is 0. The number of hydroxylamine groups is 1. The van der Waals surface area contributed by atoms with Crippen LogP contribution in [-0.4, -0.2) is 47.5 Å². The second-order valence-corrected chi connectivity index (χ2v) is 8.84. The van der Waals surface area contributed by atoms with Gasteiger partial charge < -0.3 is 10.6 Å². The van der Waals surface area contributed by atoms with Crippen molar-refractivity contribution in [1.82, 2.24) is 15.4 Å². The summed E-state index contributed by atoms with van der Waals surface area (Å²) in [6.45, 7) is 3.46. The van der Waals surface area contributed by atoms with E-state index in [1.54, 1.807) is 30.6 Å². The predicted molar refractivity (Wildman–Crippen MR) is 142 cm³/mol. The van der Waals surface area contributed by atoms with E-state index in [2.05, 4.69) is 31.4 Å². The Morgan fingerprint density at radius 3 is 2.49 bits per heavy atom. The van der Waals surface area contributed by atoms with Gasteiger partial charge in [-0.3, -0.25) is 9.89 Å². The molecule has 3 aromatic rings. The molecule has 4 rings (SSSR count). The number of aromatic nitrogens is 1. The van der Waals surface area contributed by atoms with E-state index in [0.29, 0.717) is 29.4 Å². The summed E-state index contributed by atoms with van der Waals surface area (Å²) in [6.07, 6.45) is 5.19. The topological polar surface area (TPSA) is 112 Å². The number of nitrogens with one attached hydrogen (secondary N) is 1. The number of likely N-dealkylation sites (tertiary alicyclic amines) is 1. The first-order valence-corrected chi connectivity index (χ1v) is 12.2. The molecule has 1 fully saturated rings. The summed E-state index contributed by atoms with van der Waals surface area (Å²) in [5.41, 5.74) is 13.0. The fourth-order valence-corrected chi connectivity index (χ4v) is 3.93. The molecular weight excluding hydrogens is 469 g/mol. The number of benzene rings is 2. The van der Waals surface area contributed by atoms with Gasteiger partial charge in [0, 0.05) is 44.5 Å². The van der Waals surface area contributed by atoms with E-state index in [0.717, 1.165) is 38.0 Å². The number of pyridine rings is 1. The van der Waals surface area contributed by atoms with Gasteiger partial charge in [-0.2, -0.15) is 10.7 Å². The molecule has 2 heterocycles. The van der Waals surface area contributed by atoms with Gasteiger partial charge in [-0.25, -0.2) is 14.4 Å². The van der Waals surface area contributed by atoms with Crippen LogP contribution in [0.3, 0.4) is 0 Å². The van der Waals surface area contributed by atoms with Crippen molar-refractivity contribution in [3.05, 3.63) is 89.4 Å². The number of nitrogens with zero attached hydrogens (tertiary/aromatic N) is 5. The zero-order valence-corrected chi connectivity index (χ0v) is 20.6. The Hall–Kier alpha value is -3.97. The van der Waals surface area contributed by atoms with E-state index in [1.165, 1.54) is 17.7 Å². The Morgan fingerprint density at radius 1 is 1.11 bits per heavy atom. The van der Waals surface area contributed by atoms with E-state index in [-0.39, 0.29) is 18.4 Å². The molecule has 1 aliphatic rings. The van der Waals surface area contributed by atoms with E-state index >= 15 is 0 Å². The van der Waals surface area contributed by atoms with Crippen molar-refractivity contribution in [1.29, 1.82) is 5.26 Å². The lowest BCUT2D eigenvalue weighted by Crippen LogP contribution is -2.43. The number of rotatable bonds is 10.